The third kappa shape index (κ3) is 4.08. The van der Waals surface area contributed by atoms with E-state index in [4.69, 9.17) is 9.47 Å². The molecule has 6 heteroatoms. The maximum atomic E-state index is 13.6. The van der Waals surface area contributed by atoms with Crippen LogP contribution in [0.4, 0.5) is 0 Å². The second-order valence-electron chi connectivity index (χ2n) is 11.5. The Hall–Kier alpha value is -1.63. The van der Waals surface area contributed by atoms with Crippen molar-refractivity contribution >= 4 is 11.0 Å². The Kier molecular flexibility index (Phi) is 5.46. The molecule has 1 spiro atoms. The maximum absolute atomic E-state index is 13.6. The van der Waals surface area contributed by atoms with E-state index in [1.54, 1.807) is 0 Å². The number of rotatable bonds is 5. The van der Waals surface area contributed by atoms with E-state index >= 15 is 0 Å². The Morgan fingerprint density at radius 3 is 2.42 bits per heavy atom. The van der Waals surface area contributed by atoms with Gasteiger partial charge in [0.25, 0.3) is 0 Å². The smallest absolute Gasteiger partial charge is 0.329 e. The van der Waals surface area contributed by atoms with Crippen LogP contribution in [-0.2, 0) is 16.0 Å². The number of ether oxygens (including phenoxy) is 2. The van der Waals surface area contributed by atoms with E-state index in [0.717, 1.165) is 42.9 Å². The predicted octanol–water partition coefficient (Wildman–Crippen LogP) is 4.56. The van der Waals surface area contributed by atoms with Gasteiger partial charge in [0.2, 0.25) is 0 Å². The Labute approximate surface area is 196 Å². The van der Waals surface area contributed by atoms with Gasteiger partial charge in [-0.05, 0) is 75.8 Å². The lowest BCUT2D eigenvalue weighted by atomic mass is 9.76. The quantitative estimate of drug-likeness (QED) is 0.666. The maximum Gasteiger partial charge on any atom is 0.329 e. The monoisotopic (exact) mass is 453 g/mol. The molecule has 2 saturated carbocycles. The molecular formula is C27H39N3O3. The molecule has 4 aliphatic rings. The standard InChI is InChI=1S/C27H39N3O3/c1-26(2)32-19-22(33-26)18-29-23-8-3-4-9-24(23)30(25(29)31)21-10-15-28(16-11-21)17-20-7-5-6-12-27(20)13-14-27/h3-4,8-9,20-22H,5-7,10-19H2,1-2H3/t20-,22-/m1/s1. The predicted molar refractivity (Wildman–Crippen MR) is 129 cm³/mol. The van der Waals surface area contributed by atoms with Crippen LogP contribution in [0.5, 0.6) is 0 Å². The van der Waals surface area contributed by atoms with Crippen LogP contribution in [0, 0.1) is 11.3 Å². The first-order valence-electron chi connectivity index (χ1n) is 13.2. The van der Waals surface area contributed by atoms with E-state index in [2.05, 4.69) is 21.6 Å². The number of fused-ring (bicyclic) bond motifs is 1. The minimum Gasteiger partial charge on any atom is -0.348 e. The Balaban J connectivity index is 1.18. The summed E-state index contributed by atoms with van der Waals surface area (Å²) in [5, 5.41) is 0. The zero-order chi connectivity index (χ0) is 22.6. The van der Waals surface area contributed by atoms with Crippen LogP contribution in [-0.4, -0.2) is 52.2 Å². The van der Waals surface area contributed by atoms with Gasteiger partial charge >= 0.3 is 5.69 Å². The van der Waals surface area contributed by atoms with E-state index in [1.807, 2.05) is 30.5 Å². The molecule has 180 valence electrons. The number of imidazole rings is 1. The molecule has 3 heterocycles. The van der Waals surface area contributed by atoms with E-state index in [-0.39, 0.29) is 17.8 Å². The van der Waals surface area contributed by atoms with Gasteiger partial charge in [0.05, 0.1) is 24.2 Å². The molecule has 0 unspecified atom stereocenters. The molecule has 0 amide bonds. The Morgan fingerprint density at radius 2 is 1.73 bits per heavy atom. The van der Waals surface area contributed by atoms with Gasteiger partial charge in [-0.1, -0.05) is 25.0 Å². The highest BCUT2D eigenvalue weighted by Gasteiger charge is 2.50. The summed E-state index contributed by atoms with van der Waals surface area (Å²) in [6, 6.07) is 8.53. The van der Waals surface area contributed by atoms with Crippen LogP contribution in [0.15, 0.2) is 29.1 Å². The molecule has 1 aromatic carbocycles. The third-order valence-electron chi connectivity index (χ3n) is 8.96. The number of nitrogens with zero attached hydrogens (tertiary/aromatic N) is 3. The number of piperidine rings is 1. The normalized spacial score (nSPS) is 29.8. The number of aromatic nitrogens is 2. The van der Waals surface area contributed by atoms with Crippen molar-refractivity contribution < 1.29 is 9.47 Å². The van der Waals surface area contributed by atoms with Gasteiger partial charge in [0, 0.05) is 25.7 Å². The molecule has 2 saturated heterocycles. The molecule has 2 aliphatic heterocycles. The van der Waals surface area contributed by atoms with Crippen LogP contribution >= 0.6 is 0 Å². The van der Waals surface area contributed by atoms with Gasteiger partial charge in [-0.2, -0.15) is 0 Å². The van der Waals surface area contributed by atoms with E-state index in [1.165, 1.54) is 45.1 Å². The Morgan fingerprint density at radius 1 is 0.970 bits per heavy atom. The molecule has 0 radical (unpaired) electrons. The van der Waals surface area contributed by atoms with Gasteiger partial charge in [-0.3, -0.25) is 9.13 Å². The van der Waals surface area contributed by atoms with Gasteiger partial charge < -0.3 is 14.4 Å². The Bertz CT molecular complexity index is 1060. The lowest BCUT2D eigenvalue weighted by Crippen LogP contribution is -2.42. The SMILES string of the molecule is CC1(C)OC[C@@H](Cn2c(=O)n(C3CCN(C[C@H]4CCCCC45CC5)CC3)c3ccccc32)O1. The van der Waals surface area contributed by atoms with Gasteiger partial charge in [-0.15, -0.1) is 0 Å². The summed E-state index contributed by atoms with van der Waals surface area (Å²) in [6.07, 6.45) is 10.7. The minimum atomic E-state index is -0.573. The molecule has 4 fully saturated rings. The molecule has 2 atom stereocenters. The fourth-order valence-electron chi connectivity index (χ4n) is 6.97. The molecular weight excluding hydrogens is 414 g/mol. The first kappa shape index (κ1) is 21.9. The highest BCUT2D eigenvalue weighted by Crippen LogP contribution is 2.59. The van der Waals surface area contributed by atoms with Crippen LogP contribution in [0.2, 0.25) is 0 Å². The number of hydrogen-bond donors (Lipinski definition) is 0. The van der Waals surface area contributed by atoms with E-state index in [9.17, 15) is 4.79 Å². The molecule has 0 bridgehead atoms. The number of para-hydroxylation sites is 2. The average molecular weight is 454 g/mol. The molecule has 0 N–H and O–H groups in total. The lowest BCUT2D eigenvalue weighted by molar-refractivity contribution is -0.139. The largest absolute Gasteiger partial charge is 0.348 e. The highest BCUT2D eigenvalue weighted by molar-refractivity contribution is 5.76. The van der Waals surface area contributed by atoms with Crippen molar-refractivity contribution in [2.45, 2.75) is 89.7 Å². The summed E-state index contributed by atoms with van der Waals surface area (Å²) in [5.74, 6) is 0.335. The molecule has 2 aromatic rings. The van der Waals surface area contributed by atoms with E-state index in [0.29, 0.717) is 18.6 Å². The van der Waals surface area contributed by atoms with Crippen LogP contribution in [0.25, 0.3) is 11.0 Å². The van der Waals surface area contributed by atoms with Gasteiger partial charge in [-0.25, -0.2) is 4.79 Å². The second kappa shape index (κ2) is 8.24. The van der Waals surface area contributed by atoms with Crippen molar-refractivity contribution in [1.29, 1.82) is 0 Å². The van der Waals surface area contributed by atoms with Crippen LogP contribution in [0.1, 0.15) is 71.3 Å². The zero-order valence-corrected chi connectivity index (χ0v) is 20.3. The molecule has 33 heavy (non-hydrogen) atoms. The third-order valence-corrected chi connectivity index (χ3v) is 8.96. The summed E-state index contributed by atoms with van der Waals surface area (Å²) in [5.41, 5.74) is 2.88. The van der Waals surface area contributed by atoms with Crippen molar-refractivity contribution in [3.05, 3.63) is 34.7 Å². The highest BCUT2D eigenvalue weighted by atomic mass is 16.7. The lowest BCUT2D eigenvalue weighted by Gasteiger charge is -2.39. The second-order valence-corrected chi connectivity index (χ2v) is 11.5. The van der Waals surface area contributed by atoms with Crippen molar-refractivity contribution in [3.63, 3.8) is 0 Å². The summed E-state index contributed by atoms with van der Waals surface area (Å²) >= 11 is 0. The summed E-state index contributed by atoms with van der Waals surface area (Å²) < 4.78 is 15.8. The first-order chi connectivity index (χ1) is 15.9. The zero-order valence-electron chi connectivity index (χ0n) is 20.3. The van der Waals surface area contributed by atoms with Crippen molar-refractivity contribution in [1.82, 2.24) is 14.0 Å². The van der Waals surface area contributed by atoms with E-state index < -0.39 is 5.79 Å². The van der Waals surface area contributed by atoms with Crippen LogP contribution in [0.3, 0.4) is 0 Å². The number of likely N-dealkylation sites (tertiary alicyclic amines) is 1. The summed E-state index contributed by atoms with van der Waals surface area (Å²) in [6.45, 7) is 8.43. The summed E-state index contributed by atoms with van der Waals surface area (Å²) in [4.78, 5) is 16.3. The molecule has 6 nitrogen and oxygen atoms in total. The molecule has 6 rings (SSSR count). The number of hydrogen-bond acceptors (Lipinski definition) is 4. The van der Waals surface area contributed by atoms with Crippen molar-refractivity contribution in [2.24, 2.45) is 11.3 Å². The number of benzene rings is 1. The van der Waals surface area contributed by atoms with Crippen molar-refractivity contribution in [3.8, 4) is 0 Å². The van der Waals surface area contributed by atoms with Gasteiger partial charge in [0.1, 0.15) is 6.10 Å². The fraction of sp³-hybridized carbons (Fsp3) is 0.741. The molecule has 2 aliphatic carbocycles. The summed E-state index contributed by atoms with van der Waals surface area (Å²) in [7, 11) is 0. The fourth-order valence-corrected chi connectivity index (χ4v) is 6.97. The van der Waals surface area contributed by atoms with Crippen LogP contribution < -0.4 is 5.69 Å². The molecule has 1 aromatic heterocycles. The topological polar surface area (TPSA) is 48.6 Å². The average Bonchev–Trinajstić information content (AvgIpc) is 3.41. The van der Waals surface area contributed by atoms with Crippen molar-refractivity contribution in [2.75, 3.05) is 26.2 Å². The van der Waals surface area contributed by atoms with Gasteiger partial charge in [0.15, 0.2) is 5.79 Å². The minimum absolute atomic E-state index is 0.0935. The first-order valence-corrected chi connectivity index (χ1v) is 13.2.